The summed E-state index contributed by atoms with van der Waals surface area (Å²) in [6, 6.07) is 4.88. The van der Waals surface area contributed by atoms with Gasteiger partial charge in [0.05, 0.1) is 5.02 Å². The Bertz CT molecular complexity index is 409. The summed E-state index contributed by atoms with van der Waals surface area (Å²) in [6.07, 6.45) is 0. The Morgan fingerprint density at radius 1 is 1.53 bits per heavy atom. The Morgan fingerprint density at radius 3 is 2.65 bits per heavy atom. The molecule has 1 unspecified atom stereocenters. The Labute approximate surface area is 115 Å². The maximum Gasteiger partial charge on any atom is 0.239 e. The third kappa shape index (κ3) is 4.30. The molecule has 1 aromatic rings. The molecule has 0 aliphatic carbocycles. The van der Waals surface area contributed by atoms with E-state index in [4.69, 9.17) is 17.3 Å². The van der Waals surface area contributed by atoms with Crippen molar-refractivity contribution in [1.82, 2.24) is 5.32 Å². The molecule has 94 valence electrons. The molecule has 5 heteroatoms. The standard InChI is InChI=1S/C12H16BrClN2O/c1-7(2)6-16-11(12(15)17)8-3-4-10(14)9(13)5-8/h3-5,7,11,16H,6H2,1-2H3,(H2,15,17). The molecule has 0 aliphatic rings. The Hall–Kier alpha value is -0.580. The van der Waals surface area contributed by atoms with Crippen molar-refractivity contribution < 1.29 is 4.79 Å². The van der Waals surface area contributed by atoms with Crippen molar-refractivity contribution in [2.45, 2.75) is 19.9 Å². The number of nitrogens with one attached hydrogen (secondary N) is 1. The highest BCUT2D eigenvalue weighted by Crippen LogP contribution is 2.26. The highest BCUT2D eigenvalue weighted by atomic mass is 79.9. The minimum Gasteiger partial charge on any atom is -0.368 e. The quantitative estimate of drug-likeness (QED) is 0.877. The van der Waals surface area contributed by atoms with Crippen molar-refractivity contribution in [3.8, 4) is 0 Å². The first-order valence-corrected chi connectivity index (χ1v) is 6.56. The zero-order valence-electron chi connectivity index (χ0n) is 9.84. The molecule has 1 amide bonds. The molecule has 0 saturated carbocycles. The summed E-state index contributed by atoms with van der Waals surface area (Å²) in [5, 5.41) is 3.76. The molecule has 0 radical (unpaired) electrons. The second-order valence-electron chi connectivity index (χ2n) is 4.31. The molecule has 1 aromatic carbocycles. The van der Waals surface area contributed by atoms with Gasteiger partial charge in [-0.1, -0.05) is 31.5 Å². The maximum atomic E-state index is 11.4. The van der Waals surface area contributed by atoms with Crippen molar-refractivity contribution in [1.29, 1.82) is 0 Å². The first-order chi connectivity index (χ1) is 7.91. The van der Waals surface area contributed by atoms with E-state index in [1.165, 1.54) is 0 Å². The lowest BCUT2D eigenvalue weighted by Crippen LogP contribution is -2.35. The first kappa shape index (κ1) is 14.5. The third-order valence-electron chi connectivity index (χ3n) is 2.29. The van der Waals surface area contributed by atoms with Gasteiger partial charge >= 0.3 is 0 Å². The molecular weight excluding hydrogens is 304 g/mol. The lowest BCUT2D eigenvalue weighted by atomic mass is 10.1. The van der Waals surface area contributed by atoms with Gasteiger partial charge in [-0.15, -0.1) is 0 Å². The number of amides is 1. The van der Waals surface area contributed by atoms with Crippen LogP contribution in [0.3, 0.4) is 0 Å². The smallest absolute Gasteiger partial charge is 0.239 e. The fourth-order valence-corrected chi connectivity index (χ4v) is 1.94. The number of hydrogen-bond donors (Lipinski definition) is 2. The Kier molecular flexibility index (Phi) is 5.43. The minimum absolute atomic E-state index is 0.389. The van der Waals surface area contributed by atoms with E-state index in [0.717, 1.165) is 16.6 Å². The van der Waals surface area contributed by atoms with E-state index in [9.17, 15) is 4.79 Å². The van der Waals surface area contributed by atoms with Gasteiger partial charge in [0, 0.05) is 4.47 Å². The number of carbonyl (C=O) groups is 1. The van der Waals surface area contributed by atoms with Gasteiger partial charge < -0.3 is 11.1 Å². The molecule has 0 bridgehead atoms. The normalized spacial score (nSPS) is 12.8. The van der Waals surface area contributed by atoms with Crippen LogP contribution in [0.1, 0.15) is 25.5 Å². The van der Waals surface area contributed by atoms with Crippen LogP contribution in [0.25, 0.3) is 0 Å². The van der Waals surface area contributed by atoms with Gasteiger partial charge in [0.2, 0.25) is 5.91 Å². The van der Waals surface area contributed by atoms with Crippen LogP contribution in [0.4, 0.5) is 0 Å². The largest absolute Gasteiger partial charge is 0.368 e. The molecule has 1 rings (SSSR count). The van der Waals surface area contributed by atoms with Crippen LogP contribution in [0.15, 0.2) is 22.7 Å². The van der Waals surface area contributed by atoms with Gasteiger partial charge in [0.25, 0.3) is 0 Å². The lowest BCUT2D eigenvalue weighted by molar-refractivity contribution is -0.120. The van der Waals surface area contributed by atoms with E-state index in [1.807, 2.05) is 6.07 Å². The molecule has 1 atom stereocenters. The van der Waals surface area contributed by atoms with E-state index >= 15 is 0 Å². The van der Waals surface area contributed by atoms with Crippen molar-refractivity contribution in [3.05, 3.63) is 33.3 Å². The fourth-order valence-electron chi connectivity index (χ4n) is 1.43. The van der Waals surface area contributed by atoms with Crippen molar-refractivity contribution in [2.75, 3.05) is 6.54 Å². The summed E-state index contributed by atoms with van der Waals surface area (Å²) in [7, 11) is 0. The fraction of sp³-hybridized carbons (Fsp3) is 0.417. The first-order valence-electron chi connectivity index (χ1n) is 5.39. The van der Waals surface area contributed by atoms with E-state index < -0.39 is 6.04 Å². The minimum atomic E-state index is -0.481. The second-order valence-corrected chi connectivity index (χ2v) is 5.57. The molecular formula is C12H16BrClN2O. The summed E-state index contributed by atoms with van der Waals surface area (Å²) in [5.74, 6) is 0.0625. The molecule has 0 spiro atoms. The van der Waals surface area contributed by atoms with Crippen LogP contribution in [-0.2, 0) is 4.79 Å². The number of rotatable bonds is 5. The van der Waals surface area contributed by atoms with Crippen molar-refractivity contribution in [3.63, 3.8) is 0 Å². The predicted octanol–water partition coefficient (Wildman–Crippen LogP) is 2.87. The molecule has 0 fully saturated rings. The van der Waals surface area contributed by atoms with E-state index in [2.05, 4.69) is 35.1 Å². The van der Waals surface area contributed by atoms with Crippen LogP contribution >= 0.6 is 27.5 Å². The topological polar surface area (TPSA) is 55.1 Å². The van der Waals surface area contributed by atoms with Gasteiger partial charge in [0.1, 0.15) is 6.04 Å². The number of hydrogen-bond acceptors (Lipinski definition) is 2. The predicted molar refractivity (Wildman–Crippen MR) is 73.9 cm³/mol. The lowest BCUT2D eigenvalue weighted by Gasteiger charge is -2.17. The van der Waals surface area contributed by atoms with Gasteiger partial charge in [-0.2, -0.15) is 0 Å². The zero-order valence-corrected chi connectivity index (χ0v) is 12.2. The van der Waals surface area contributed by atoms with Crippen LogP contribution in [0, 0.1) is 5.92 Å². The van der Waals surface area contributed by atoms with Crippen LogP contribution in [-0.4, -0.2) is 12.5 Å². The summed E-state index contributed by atoms with van der Waals surface area (Å²) in [5.41, 5.74) is 6.21. The molecule has 0 aliphatic heterocycles. The highest BCUT2D eigenvalue weighted by Gasteiger charge is 2.18. The van der Waals surface area contributed by atoms with Gasteiger partial charge in [-0.25, -0.2) is 0 Å². The third-order valence-corrected chi connectivity index (χ3v) is 3.51. The van der Waals surface area contributed by atoms with E-state index in [1.54, 1.807) is 12.1 Å². The van der Waals surface area contributed by atoms with Crippen LogP contribution in [0.2, 0.25) is 5.02 Å². The average molecular weight is 320 g/mol. The molecule has 0 heterocycles. The summed E-state index contributed by atoms with van der Waals surface area (Å²) < 4.78 is 0.759. The average Bonchev–Trinajstić information content (AvgIpc) is 2.22. The molecule has 0 aromatic heterocycles. The number of nitrogens with two attached hydrogens (primary N) is 1. The summed E-state index contributed by atoms with van der Waals surface area (Å²) in [4.78, 5) is 11.4. The van der Waals surface area contributed by atoms with E-state index in [-0.39, 0.29) is 5.91 Å². The number of carbonyl (C=O) groups excluding carboxylic acids is 1. The number of benzene rings is 1. The van der Waals surface area contributed by atoms with E-state index in [0.29, 0.717) is 10.9 Å². The van der Waals surface area contributed by atoms with Gasteiger partial charge in [-0.05, 0) is 46.1 Å². The maximum absolute atomic E-state index is 11.4. The zero-order chi connectivity index (χ0) is 13.0. The molecule has 17 heavy (non-hydrogen) atoms. The molecule has 3 nitrogen and oxygen atoms in total. The van der Waals surface area contributed by atoms with Crippen LogP contribution < -0.4 is 11.1 Å². The number of primary amides is 1. The second kappa shape index (κ2) is 6.38. The van der Waals surface area contributed by atoms with Gasteiger partial charge in [-0.3, -0.25) is 4.79 Å². The van der Waals surface area contributed by atoms with Crippen LogP contribution in [0.5, 0.6) is 0 Å². The Balaban J connectivity index is 2.89. The highest BCUT2D eigenvalue weighted by molar-refractivity contribution is 9.10. The SMILES string of the molecule is CC(C)CNC(C(N)=O)c1ccc(Cl)c(Br)c1. The monoisotopic (exact) mass is 318 g/mol. The summed E-state index contributed by atoms with van der Waals surface area (Å²) in [6.45, 7) is 4.87. The summed E-state index contributed by atoms with van der Waals surface area (Å²) >= 11 is 9.24. The number of halogens is 2. The van der Waals surface area contributed by atoms with Crippen molar-refractivity contribution >= 4 is 33.4 Å². The molecule has 3 N–H and O–H groups in total. The Morgan fingerprint density at radius 2 is 2.18 bits per heavy atom. The molecule has 0 saturated heterocycles. The van der Waals surface area contributed by atoms with Gasteiger partial charge in [0.15, 0.2) is 0 Å². The van der Waals surface area contributed by atoms with Crippen molar-refractivity contribution in [2.24, 2.45) is 11.7 Å².